The number of benzene rings is 1. The third-order valence-corrected chi connectivity index (χ3v) is 3.20. The molecule has 0 heterocycles. The number of rotatable bonds is 4. The van der Waals surface area contributed by atoms with Gasteiger partial charge in [-0.2, -0.15) is 0 Å². The van der Waals surface area contributed by atoms with Gasteiger partial charge in [-0.3, -0.25) is 4.79 Å². The van der Waals surface area contributed by atoms with Crippen LogP contribution in [-0.4, -0.2) is 25.2 Å². The maximum absolute atomic E-state index is 11.8. The smallest absolute Gasteiger partial charge is 0.326 e. The predicted molar refractivity (Wildman–Crippen MR) is 62.2 cm³/mol. The average molecular weight is 219 g/mol. The molecule has 2 atom stereocenters. The van der Waals surface area contributed by atoms with Crippen LogP contribution in [0.5, 0.6) is 0 Å². The van der Waals surface area contributed by atoms with Crippen LogP contribution >= 0.6 is 0 Å². The number of ether oxygens (including phenoxy) is 1. The summed E-state index contributed by atoms with van der Waals surface area (Å²) >= 11 is 0. The quantitative estimate of drug-likeness (QED) is 0.783. The van der Waals surface area contributed by atoms with Crippen molar-refractivity contribution in [3.63, 3.8) is 0 Å². The molecule has 0 radical (unpaired) electrons. The van der Waals surface area contributed by atoms with Crippen LogP contribution in [0, 0.1) is 0 Å². The molecule has 1 fully saturated rings. The Bertz CT molecular complexity index is 377. The summed E-state index contributed by atoms with van der Waals surface area (Å²) in [5.41, 5.74) is 0.721. The summed E-state index contributed by atoms with van der Waals surface area (Å²) in [6.45, 7) is 2.78. The molecule has 1 N–H and O–H groups in total. The summed E-state index contributed by atoms with van der Waals surface area (Å²) in [5, 5.41) is 3.26. The van der Waals surface area contributed by atoms with E-state index in [-0.39, 0.29) is 11.9 Å². The van der Waals surface area contributed by atoms with E-state index in [1.54, 1.807) is 0 Å². The van der Waals surface area contributed by atoms with Gasteiger partial charge in [-0.15, -0.1) is 0 Å². The molecule has 0 saturated heterocycles. The van der Waals surface area contributed by atoms with Crippen LogP contribution in [0.15, 0.2) is 30.3 Å². The van der Waals surface area contributed by atoms with E-state index < -0.39 is 5.54 Å². The van der Waals surface area contributed by atoms with Gasteiger partial charge in [0, 0.05) is 5.92 Å². The predicted octanol–water partition coefficient (Wildman–Crippen LogP) is 1.70. The van der Waals surface area contributed by atoms with Crippen LogP contribution < -0.4 is 5.32 Å². The van der Waals surface area contributed by atoms with Gasteiger partial charge < -0.3 is 10.1 Å². The molecule has 2 unspecified atom stereocenters. The molecule has 0 aliphatic heterocycles. The lowest BCUT2D eigenvalue weighted by atomic mass is 10.1. The lowest BCUT2D eigenvalue weighted by molar-refractivity contribution is -0.144. The summed E-state index contributed by atoms with van der Waals surface area (Å²) in [7, 11) is 1.45. The third-order valence-electron chi connectivity index (χ3n) is 3.20. The molecule has 2 rings (SSSR count). The lowest BCUT2D eigenvalue weighted by Crippen LogP contribution is -2.41. The summed E-state index contributed by atoms with van der Waals surface area (Å²) in [4.78, 5) is 11.8. The van der Waals surface area contributed by atoms with Crippen molar-refractivity contribution in [3.8, 4) is 0 Å². The number of methoxy groups -OCH3 is 1. The van der Waals surface area contributed by atoms with Crippen LogP contribution in [0.1, 0.15) is 24.8 Å². The van der Waals surface area contributed by atoms with Crippen LogP contribution in [0.4, 0.5) is 0 Å². The van der Waals surface area contributed by atoms with Crippen molar-refractivity contribution in [1.82, 2.24) is 5.32 Å². The van der Waals surface area contributed by atoms with Gasteiger partial charge in [0.2, 0.25) is 0 Å². The highest BCUT2D eigenvalue weighted by atomic mass is 16.5. The number of carbonyl (C=O) groups is 1. The van der Waals surface area contributed by atoms with Gasteiger partial charge in [0.15, 0.2) is 0 Å². The molecular weight excluding hydrogens is 202 g/mol. The maximum Gasteiger partial charge on any atom is 0.326 e. The number of nitrogens with one attached hydrogen (secondary N) is 1. The summed E-state index contributed by atoms with van der Waals surface area (Å²) in [6, 6.07) is 10.1. The summed E-state index contributed by atoms with van der Waals surface area (Å²) in [5.74, 6) is 0.101. The minimum Gasteiger partial charge on any atom is -0.468 e. The fourth-order valence-electron chi connectivity index (χ4n) is 2.34. The van der Waals surface area contributed by atoms with Crippen LogP contribution in [0.25, 0.3) is 0 Å². The molecule has 0 bridgehead atoms. The Morgan fingerprint density at radius 1 is 1.50 bits per heavy atom. The second-order valence-electron chi connectivity index (χ2n) is 4.16. The molecule has 1 aromatic rings. The van der Waals surface area contributed by atoms with Gasteiger partial charge in [-0.05, 0) is 18.5 Å². The van der Waals surface area contributed by atoms with E-state index >= 15 is 0 Å². The monoisotopic (exact) mass is 219 g/mol. The van der Waals surface area contributed by atoms with Gasteiger partial charge in [0.1, 0.15) is 5.54 Å². The second-order valence-corrected chi connectivity index (χ2v) is 4.16. The Morgan fingerprint density at radius 3 is 2.75 bits per heavy atom. The Balaban J connectivity index is 2.19. The zero-order valence-electron chi connectivity index (χ0n) is 9.69. The Labute approximate surface area is 95.8 Å². The number of carbonyl (C=O) groups excluding carboxylic acids is 1. The molecule has 3 nitrogen and oxygen atoms in total. The maximum atomic E-state index is 11.8. The fraction of sp³-hybridized carbons (Fsp3) is 0.462. The van der Waals surface area contributed by atoms with E-state index in [1.165, 1.54) is 12.7 Å². The highest BCUT2D eigenvalue weighted by molar-refractivity contribution is 5.87. The van der Waals surface area contributed by atoms with E-state index in [2.05, 4.69) is 17.4 Å². The number of hydrogen-bond acceptors (Lipinski definition) is 3. The normalized spacial score (nSPS) is 27.5. The number of hydrogen-bond donors (Lipinski definition) is 1. The second kappa shape index (κ2) is 4.26. The van der Waals surface area contributed by atoms with E-state index in [9.17, 15) is 4.79 Å². The van der Waals surface area contributed by atoms with Crippen LogP contribution in [0.2, 0.25) is 0 Å². The minimum atomic E-state index is -0.481. The SMILES string of the molecule is CCNC1(C(=O)OC)CC1c1ccccc1. The topological polar surface area (TPSA) is 38.3 Å². The van der Waals surface area contributed by atoms with E-state index in [0.717, 1.165) is 13.0 Å². The molecule has 1 aromatic carbocycles. The molecule has 0 aromatic heterocycles. The molecule has 0 spiro atoms. The van der Waals surface area contributed by atoms with Crippen molar-refractivity contribution < 1.29 is 9.53 Å². The first-order chi connectivity index (χ1) is 7.74. The first-order valence-corrected chi connectivity index (χ1v) is 5.63. The summed E-state index contributed by atoms with van der Waals surface area (Å²) < 4.78 is 4.88. The van der Waals surface area contributed by atoms with Gasteiger partial charge >= 0.3 is 5.97 Å². The first-order valence-electron chi connectivity index (χ1n) is 5.63. The van der Waals surface area contributed by atoms with Gasteiger partial charge in [-0.1, -0.05) is 37.3 Å². The van der Waals surface area contributed by atoms with Gasteiger partial charge in [0.25, 0.3) is 0 Å². The van der Waals surface area contributed by atoms with Gasteiger partial charge in [0.05, 0.1) is 7.11 Å². The first kappa shape index (κ1) is 11.1. The van der Waals surface area contributed by atoms with Crippen molar-refractivity contribution >= 4 is 5.97 Å². The molecule has 1 aliphatic rings. The Morgan fingerprint density at radius 2 is 2.19 bits per heavy atom. The zero-order valence-corrected chi connectivity index (χ0v) is 9.69. The number of esters is 1. The Hall–Kier alpha value is -1.35. The van der Waals surface area contributed by atoms with Crippen molar-refractivity contribution in [2.24, 2.45) is 0 Å². The van der Waals surface area contributed by atoms with Crippen molar-refractivity contribution in [2.45, 2.75) is 24.8 Å². The standard InChI is InChI=1S/C13H17NO2/c1-3-14-13(12(15)16-2)9-11(13)10-7-5-4-6-8-10/h4-8,11,14H,3,9H2,1-2H3. The molecule has 0 amide bonds. The van der Waals surface area contributed by atoms with Crippen molar-refractivity contribution in [1.29, 1.82) is 0 Å². The molecule has 1 aliphatic carbocycles. The Kier molecular flexibility index (Phi) is 2.97. The van der Waals surface area contributed by atoms with E-state index in [4.69, 9.17) is 4.74 Å². The van der Waals surface area contributed by atoms with Crippen LogP contribution in [0.3, 0.4) is 0 Å². The lowest BCUT2D eigenvalue weighted by Gasteiger charge is -2.15. The zero-order chi connectivity index (χ0) is 11.6. The van der Waals surface area contributed by atoms with Gasteiger partial charge in [-0.25, -0.2) is 0 Å². The third kappa shape index (κ3) is 1.71. The fourth-order valence-corrected chi connectivity index (χ4v) is 2.34. The van der Waals surface area contributed by atoms with Crippen molar-refractivity contribution in [3.05, 3.63) is 35.9 Å². The molecule has 86 valence electrons. The molecule has 1 saturated carbocycles. The van der Waals surface area contributed by atoms with Crippen LogP contribution in [-0.2, 0) is 9.53 Å². The van der Waals surface area contributed by atoms with Crippen molar-refractivity contribution in [2.75, 3.05) is 13.7 Å². The molecule has 16 heavy (non-hydrogen) atoms. The number of likely N-dealkylation sites (N-methyl/N-ethyl adjacent to an activating group) is 1. The van der Waals surface area contributed by atoms with E-state index in [0.29, 0.717) is 0 Å². The minimum absolute atomic E-state index is 0.150. The highest BCUT2D eigenvalue weighted by Gasteiger charge is 2.61. The largest absolute Gasteiger partial charge is 0.468 e. The van der Waals surface area contributed by atoms with E-state index in [1.807, 2.05) is 25.1 Å². The molecular formula is C13H17NO2. The summed E-state index contributed by atoms with van der Waals surface area (Å²) in [6.07, 6.45) is 0.831. The molecule has 3 heteroatoms. The average Bonchev–Trinajstić information content (AvgIpc) is 3.05. The highest BCUT2D eigenvalue weighted by Crippen LogP contribution is 2.52.